The van der Waals surface area contributed by atoms with Gasteiger partial charge in [0.2, 0.25) is 0 Å². The standard InChI is InChI=1S/C23H40O6/c1-9-19-12(3)13(4)23(28-17(8)25)21(29-19)11-18-14(5)22(27-16(7)24)15(6)26-20(18)10-2/h12-15,18-23H,9-11H2,1-8H3/t12-,13+,14-,15?,18-,19-,20+,21?,22+,23-/m0/s1. The molecule has 2 saturated heterocycles. The van der Waals surface area contributed by atoms with Crippen molar-refractivity contribution in [3.05, 3.63) is 0 Å². The van der Waals surface area contributed by atoms with E-state index in [0.29, 0.717) is 5.92 Å². The van der Waals surface area contributed by atoms with Crippen molar-refractivity contribution in [2.24, 2.45) is 23.7 Å². The Morgan fingerprint density at radius 3 is 1.79 bits per heavy atom. The smallest absolute Gasteiger partial charge is 0.303 e. The minimum absolute atomic E-state index is 0.0584. The minimum Gasteiger partial charge on any atom is -0.460 e. The van der Waals surface area contributed by atoms with E-state index in [-0.39, 0.29) is 66.3 Å². The lowest BCUT2D eigenvalue weighted by atomic mass is 9.73. The fourth-order valence-electron chi connectivity index (χ4n) is 5.33. The van der Waals surface area contributed by atoms with Gasteiger partial charge < -0.3 is 18.9 Å². The van der Waals surface area contributed by atoms with E-state index in [0.717, 1.165) is 19.3 Å². The van der Waals surface area contributed by atoms with Crippen LogP contribution in [0.15, 0.2) is 0 Å². The molecule has 0 amide bonds. The quantitative estimate of drug-likeness (QED) is 0.611. The van der Waals surface area contributed by atoms with Crippen LogP contribution in [-0.2, 0) is 28.5 Å². The molecule has 168 valence electrons. The van der Waals surface area contributed by atoms with Gasteiger partial charge >= 0.3 is 11.9 Å². The maximum atomic E-state index is 11.8. The second kappa shape index (κ2) is 10.3. The zero-order chi connectivity index (χ0) is 21.9. The van der Waals surface area contributed by atoms with Gasteiger partial charge in [-0.1, -0.05) is 34.6 Å². The van der Waals surface area contributed by atoms with E-state index >= 15 is 0 Å². The number of ether oxygens (including phenoxy) is 4. The molecule has 6 nitrogen and oxygen atoms in total. The van der Waals surface area contributed by atoms with Crippen LogP contribution in [-0.4, -0.2) is 48.6 Å². The first kappa shape index (κ1) is 24.1. The normalized spacial score (nSPS) is 42.9. The second-order valence-electron chi connectivity index (χ2n) is 9.03. The molecule has 2 aliphatic rings. The van der Waals surface area contributed by atoms with E-state index in [1.165, 1.54) is 13.8 Å². The van der Waals surface area contributed by atoms with Gasteiger partial charge in [0.1, 0.15) is 12.2 Å². The average Bonchev–Trinajstić information content (AvgIpc) is 2.65. The average molecular weight is 413 g/mol. The first-order valence-electron chi connectivity index (χ1n) is 11.3. The maximum absolute atomic E-state index is 11.8. The highest BCUT2D eigenvalue weighted by Crippen LogP contribution is 2.42. The van der Waals surface area contributed by atoms with Crippen LogP contribution in [0, 0.1) is 23.7 Å². The van der Waals surface area contributed by atoms with Crippen molar-refractivity contribution in [3.63, 3.8) is 0 Å². The largest absolute Gasteiger partial charge is 0.460 e. The third-order valence-corrected chi connectivity index (χ3v) is 7.09. The van der Waals surface area contributed by atoms with Gasteiger partial charge in [-0.25, -0.2) is 0 Å². The molecule has 2 unspecified atom stereocenters. The van der Waals surface area contributed by atoms with E-state index in [4.69, 9.17) is 18.9 Å². The van der Waals surface area contributed by atoms with Gasteiger partial charge in [-0.05, 0) is 38.0 Å². The summed E-state index contributed by atoms with van der Waals surface area (Å²) in [5.41, 5.74) is 0. The molecular formula is C23H40O6. The molecule has 0 aliphatic carbocycles. The van der Waals surface area contributed by atoms with Crippen molar-refractivity contribution in [1.82, 2.24) is 0 Å². The fourth-order valence-corrected chi connectivity index (χ4v) is 5.33. The molecule has 0 bridgehead atoms. The summed E-state index contributed by atoms with van der Waals surface area (Å²) in [5, 5.41) is 0. The third kappa shape index (κ3) is 5.52. The maximum Gasteiger partial charge on any atom is 0.303 e. The van der Waals surface area contributed by atoms with E-state index < -0.39 is 0 Å². The van der Waals surface area contributed by atoms with E-state index in [1.54, 1.807) is 0 Å². The summed E-state index contributed by atoms with van der Waals surface area (Å²) in [5.74, 6) is 0.253. The molecule has 2 heterocycles. The van der Waals surface area contributed by atoms with Crippen LogP contribution in [0.1, 0.15) is 74.7 Å². The summed E-state index contributed by atoms with van der Waals surface area (Å²) in [6.07, 6.45) is 1.83. The molecule has 10 atom stereocenters. The van der Waals surface area contributed by atoms with Gasteiger partial charge in [0.15, 0.2) is 0 Å². The van der Waals surface area contributed by atoms with Gasteiger partial charge in [0, 0.05) is 25.7 Å². The first-order chi connectivity index (χ1) is 13.6. The van der Waals surface area contributed by atoms with Crippen LogP contribution in [0.5, 0.6) is 0 Å². The Labute approximate surface area is 176 Å². The molecule has 0 saturated carbocycles. The van der Waals surface area contributed by atoms with Gasteiger partial charge in [-0.15, -0.1) is 0 Å². The number of esters is 2. The van der Waals surface area contributed by atoms with Crippen LogP contribution in [0.25, 0.3) is 0 Å². The van der Waals surface area contributed by atoms with Crippen LogP contribution >= 0.6 is 0 Å². The van der Waals surface area contributed by atoms with Crippen LogP contribution in [0.4, 0.5) is 0 Å². The molecular weight excluding hydrogens is 372 g/mol. The Balaban J connectivity index is 2.26. The number of carbonyl (C=O) groups excluding carboxylic acids is 2. The topological polar surface area (TPSA) is 71.1 Å². The zero-order valence-electron chi connectivity index (χ0n) is 19.3. The predicted molar refractivity (Wildman–Crippen MR) is 110 cm³/mol. The molecule has 29 heavy (non-hydrogen) atoms. The predicted octanol–water partition coefficient (Wildman–Crippen LogP) is 4.14. The molecule has 0 aromatic rings. The number of carbonyl (C=O) groups is 2. The van der Waals surface area contributed by atoms with Crippen molar-refractivity contribution in [2.75, 3.05) is 0 Å². The van der Waals surface area contributed by atoms with Gasteiger partial charge in [-0.3, -0.25) is 9.59 Å². The van der Waals surface area contributed by atoms with Gasteiger partial charge in [0.25, 0.3) is 0 Å². The monoisotopic (exact) mass is 412 g/mol. The Hall–Kier alpha value is -1.14. The number of rotatable bonds is 6. The molecule has 0 radical (unpaired) electrons. The van der Waals surface area contributed by atoms with Crippen LogP contribution in [0.2, 0.25) is 0 Å². The lowest BCUT2D eigenvalue weighted by molar-refractivity contribution is -0.219. The zero-order valence-corrected chi connectivity index (χ0v) is 19.3. The number of hydrogen-bond acceptors (Lipinski definition) is 6. The van der Waals surface area contributed by atoms with Crippen molar-refractivity contribution < 1.29 is 28.5 Å². The molecule has 2 fully saturated rings. The van der Waals surface area contributed by atoms with Crippen molar-refractivity contribution >= 4 is 11.9 Å². The third-order valence-electron chi connectivity index (χ3n) is 7.09. The Bertz CT molecular complexity index is 564. The van der Waals surface area contributed by atoms with Gasteiger partial charge in [0.05, 0.1) is 24.4 Å². The minimum atomic E-state index is -0.286. The van der Waals surface area contributed by atoms with E-state index in [9.17, 15) is 9.59 Å². The summed E-state index contributed by atoms with van der Waals surface area (Å²) in [4.78, 5) is 23.4. The summed E-state index contributed by atoms with van der Waals surface area (Å²) < 4.78 is 24.1. The SMILES string of the molecule is CC[C@@H]1OC(C[C@H]2[C@H](C)[C@@H](OC(C)=O)C(C)O[C@@H]2CC)[C@@H](OC(C)=O)[C@H](C)[C@@H]1C. The van der Waals surface area contributed by atoms with Crippen LogP contribution < -0.4 is 0 Å². The molecule has 0 aromatic heterocycles. The van der Waals surface area contributed by atoms with E-state index in [2.05, 4.69) is 34.6 Å². The molecule has 2 aliphatic heterocycles. The van der Waals surface area contributed by atoms with Gasteiger partial charge in [-0.2, -0.15) is 0 Å². The first-order valence-corrected chi connectivity index (χ1v) is 11.3. The fraction of sp³-hybridized carbons (Fsp3) is 0.913. The highest BCUT2D eigenvalue weighted by atomic mass is 16.6. The molecule has 6 heteroatoms. The summed E-state index contributed by atoms with van der Waals surface area (Å²) in [7, 11) is 0. The Morgan fingerprint density at radius 2 is 1.28 bits per heavy atom. The lowest BCUT2D eigenvalue weighted by Crippen LogP contribution is -2.55. The second-order valence-corrected chi connectivity index (χ2v) is 9.03. The number of hydrogen-bond donors (Lipinski definition) is 0. The van der Waals surface area contributed by atoms with Crippen molar-refractivity contribution in [1.29, 1.82) is 0 Å². The Kier molecular flexibility index (Phi) is 8.53. The molecule has 0 spiro atoms. The highest BCUT2D eigenvalue weighted by Gasteiger charge is 2.48. The molecule has 2 rings (SSSR count). The molecule has 0 N–H and O–H groups in total. The lowest BCUT2D eigenvalue weighted by Gasteiger charge is -2.49. The Morgan fingerprint density at radius 1 is 0.724 bits per heavy atom. The van der Waals surface area contributed by atoms with Crippen LogP contribution in [0.3, 0.4) is 0 Å². The highest BCUT2D eigenvalue weighted by molar-refractivity contribution is 5.66. The molecule has 0 aromatic carbocycles. The summed E-state index contributed by atoms with van der Waals surface area (Å²) in [6, 6.07) is 0. The van der Waals surface area contributed by atoms with Crippen molar-refractivity contribution in [3.8, 4) is 0 Å². The van der Waals surface area contributed by atoms with Crippen molar-refractivity contribution in [2.45, 2.75) is 111 Å². The summed E-state index contributed by atoms with van der Waals surface area (Å²) in [6.45, 7) is 15.6. The van der Waals surface area contributed by atoms with E-state index in [1.807, 2.05) is 6.92 Å². The summed E-state index contributed by atoms with van der Waals surface area (Å²) >= 11 is 0.